The molecule has 0 N–H and O–H groups in total. The number of hydrogen-bond acceptors (Lipinski definition) is 2. The first-order valence-electron chi connectivity index (χ1n) is 20.8. The molecule has 0 atom stereocenters. The van der Waals surface area contributed by atoms with E-state index in [2.05, 4.69) is 224 Å². The zero-order valence-corrected chi connectivity index (χ0v) is 33.4. The molecule has 0 bridgehead atoms. The summed E-state index contributed by atoms with van der Waals surface area (Å²) < 4.78 is 9.11. The summed E-state index contributed by atoms with van der Waals surface area (Å²) >= 11 is 0. The van der Waals surface area contributed by atoms with Gasteiger partial charge < -0.3 is 13.9 Å². The van der Waals surface area contributed by atoms with Gasteiger partial charge >= 0.3 is 0 Å². The van der Waals surface area contributed by atoms with Crippen LogP contribution in [0.5, 0.6) is 0 Å². The van der Waals surface area contributed by atoms with Crippen molar-refractivity contribution in [3.63, 3.8) is 0 Å². The van der Waals surface area contributed by atoms with Gasteiger partial charge in [0.15, 0.2) is 0 Å². The molecule has 2 heterocycles. The monoisotopic (exact) mass is 768 g/mol. The molecule has 0 aliphatic heterocycles. The van der Waals surface area contributed by atoms with Crippen LogP contribution in [0.2, 0.25) is 0 Å². The lowest BCUT2D eigenvalue weighted by atomic mass is 9.82. The van der Waals surface area contributed by atoms with Crippen molar-refractivity contribution < 1.29 is 4.42 Å². The van der Waals surface area contributed by atoms with Crippen LogP contribution in [0.15, 0.2) is 211 Å². The van der Waals surface area contributed by atoms with Crippen molar-refractivity contribution >= 4 is 60.8 Å². The van der Waals surface area contributed by atoms with Crippen LogP contribution < -0.4 is 4.90 Å². The number of hydrogen-bond donors (Lipinski definition) is 0. The zero-order chi connectivity index (χ0) is 40.0. The van der Waals surface area contributed by atoms with Gasteiger partial charge in [-0.1, -0.05) is 159 Å². The highest BCUT2D eigenvalue weighted by molar-refractivity contribution is 6.28. The maximum absolute atomic E-state index is 6.67. The van der Waals surface area contributed by atoms with Crippen molar-refractivity contribution in [1.82, 2.24) is 4.57 Å². The molecule has 2 aromatic heterocycles. The van der Waals surface area contributed by atoms with E-state index >= 15 is 0 Å². The molecule has 0 radical (unpaired) electrons. The molecule has 0 fully saturated rings. The molecule has 3 heteroatoms. The van der Waals surface area contributed by atoms with Crippen LogP contribution in [0.4, 0.5) is 17.1 Å². The SMILES string of the molecule is CC1(C)c2ccccc2-c2ccc(N(c3ccccc3)c3ccc(-c4cccc5c6c(-c7ccccc7)c7c(cc6n(-c6ccccc6)c45)oc4ccccc47)cc3)cc21. The summed E-state index contributed by atoms with van der Waals surface area (Å²) in [7, 11) is 0. The summed E-state index contributed by atoms with van der Waals surface area (Å²) in [4.78, 5) is 2.39. The topological polar surface area (TPSA) is 21.3 Å². The van der Waals surface area contributed by atoms with Crippen LogP contribution in [0.1, 0.15) is 25.0 Å². The van der Waals surface area contributed by atoms with Crippen molar-refractivity contribution in [2.24, 2.45) is 0 Å². The Hall–Kier alpha value is -7.62. The van der Waals surface area contributed by atoms with E-state index in [9.17, 15) is 0 Å². The Bertz CT molecular complexity index is 3430. The van der Waals surface area contributed by atoms with Crippen molar-refractivity contribution in [3.05, 3.63) is 217 Å². The van der Waals surface area contributed by atoms with E-state index in [0.29, 0.717) is 0 Å². The van der Waals surface area contributed by atoms with Gasteiger partial charge in [-0.05, 0) is 88.0 Å². The second-order valence-corrected chi connectivity index (χ2v) is 16.5. The first kappa shape index (κ1) is 34.4. The van der Waals surface area contributed by atoms with Crippen LogP contribution in [-0.4, -0.2) is 4.57 Å². The Morgan fingerprint density at radius 2 is 1.05 bits per heavy atom. The first-order valence-corrected chi connectivity index (χ1v) is 20.8. The van der Waals surface area contributed by atoms with E-state index in [-0.39, 0.29) is 5.41 Å². The molecule has 60 heavy (non-hydrogen) atoms. The number of nitrogens with zero attached hydrogens (tertiary/aromatic N) is 2. The minimum Gasteiger partial charge on any atom is -0.456 e. The van der Waals surface area contributed by atoms with Gasteiger partial charge in [-0.3, -0.25) is 0 Å². The smallest absolute Gasteiger partial charge is 0.138 e. The van der Waals surface area contributed by atoms with Crippen molar-refractivity contribution in [2.45, 2.75) is 19.3 Å². The van der Waals surface area contributed by atoms with E-state index in [0.717, 1.165) is 55.8 Å². The number of benzene rings is 9. The van der Waals surface area contributed by atoms with Gasteiger partial charge in [0, 0.05) is 66.9 Å². The Morgan fingerprint density at radius 1 is 0.433 bits per heavy atom. The average Bonchev–Trinajstić information content (AvgIpc) is 3.92. The molecule has 11 aromatic rings. The molecule has 3 nitrogen and oxygen atoms in total. The standard InChI is InChI=1S/C57H40N2O/c1-57(2)48-27-14-12-23-44(48)45-34-33-42(35-49(45)57)58(39-19-8-4-9-20-39)41-31-29-37(30-32-41)43-25-16-26-47-54-50(59(56(43)47)40-21-10-5-11-22-40)36-52-55(46-24-13-15-28-51(46)60-52)53(54)38-17-6-3-7-18-38/h3-36H,1-2H3. The average molecular weight is 769 g/mol. The van der Waals surface area contributed by atoms with E-state index in [4.69, 9.17) is 4.42 Å². The van der Waals surface area contributed by atoms with Crippen LogP contribution >= 0.6 is 0 Å². The number of fused-ring (bicyclic) bond motifs is 9. The number of rotatable bonds is 6. The predicted molar refractivity (Wildman–Crippen MR) is 251 cm³/mol. The maximum atomic E-state index is 6.67. The summed E-state index contributed by atoms with van der Waals surface area (Å²) in [5.41, 5.74) is 18.5. The summed E-state index contributed by atoms with van der Waals surface area (Å²) in [6.45, 7) is 4.70. The van der Waals surface area contributed by atoms with Crippen molar-refractivity contribution in [3.8, 4) is 39.1 Å². The Morgan fingerprint density at radius 3 is 1.85 bits per heavy atom. The fourth-order valence-electron chi connectivity index (χ4n) is 10.0. The Kier molecular flexibility index (Phi) is 7.58. The minimum absolute atomic E-state index is 0.0971. The molecule has 12 rings (SSSR count). The molecule has 0 saturated heterocycles. The lowest BCUT2D eigenvalue weighted by molar-refractivity contribution is 0.660. The largest absolute Gasteiger partial charge is 0.456 e. The highest BCUT2D eigenvalue weighted by Gasteiger charge is 2.36. The minimum atomic E-state index is -0.0971. The summed E-state index contributed by atoms with van der Waals surface area (Å²) in [5, 5.41) is 4.69. The van der Waals surface area contributed by atoms with Crippen LogP contribution in [0.25, 0.3) is 82.8 Å². The van der Waals surface area contributed by atoms with Crippen molar-refractivity contribution in [2.75, 3.05) is 4.90 Å². The second-order valence-electron chi connectivity index (χ2n) is 16.5. The third-order valence-corrected chi connectivity index (χ3v) is 12.8. The van der Waals surface area contributed by atoms with E-state index in [1.165, 1.54) is 55.2 Å². The highest BCUT2D eigenvalue weighted by Crippen LogP contribution is 2.51. The number of aromatic nitrogens is 1. The highest BCUT2D eigenvalue weighted by atomic mass is 16.3. The molecular weight excluding hydrogens is 729 g/mol. The van der Waals surface area contributed by atoms with Gasteiger partial charge in [-0.25, -0.2) is 0 Å². The Balaban J connectivity index is 1.07. The number of para-hydroxylation sites is 4. The first-order chi connectivity index (χ1) is 29.5. The third kappa shape index (κ3) is 5.09. The molecule has 9 aromatic carbocycles. The second kappa shape index (κ2) is 13.2. The quantitative estimate of drug-likeness (QED) is 0.168. The fraction of sp³-hybridized carbons (Fsp3) is 0.0526. The summed E-state index contributed by atoms with van der Waals surface area (Å²) in [6.07, 6.45) is 0. The molecule has 0 amide bonds. The van der Waals surface area contributed by atoms with Gasteiger partial charge in [-0.2, -0.15) is 0 Å². The molecule has 0 unspecified atom stereocenters. The summed E-state index contributed by atoms with van der Waals surface area (Å²) in [6, 6.07) is 74.7. The van der Waals surface area contributed by atoms with Gasteiger partial charge in [0.1, 0.15) is 11.2 Å². The molecule has 1 aliphatic carbocycles. The molecular formula is C57H40N2O. The Labute approximate surface area is 349 Å². The van der Waals surface area contributed by atoms with Crippen LogP contribution in [0.3, 0.4) is 0 Å². The summed E-state index contributed by atoms with van der Waals surface area (Å²) in [5.74, 6) is 0. The molecule has 1 aliphatic rings. The van der Waals surface area contributed by atoms with Crippen LogP contribution in [0, 0.1) is 0 Å². The lowest BCUT2D eigenvalue weighted by Crippen LogP contribution is -2.16. The van der Waals surface area contributed by atoms with E-state index in [1.807, 2.05) is 6.07 Å². The van der Waals surface area contributed by atoms with E-state index < -0.39 is 0 Å². The number of anilines is 3. The van der Waals surface area contributed by atoms with Crippen LogP contribution in [-0.2, 0) is 5.41 Å². The molecule has 0 saturated carbocycles. The lowest BCUT2D eigenvalue weighted by Gasteiger charge is -2.28. The number of furan rings is 1. The van der Waals surface area contributed by atoms with E-state index in [1.54, 1.807) is 0 Å². The maximum Gasteiger partial charge on any atom is 0.138 e. The fourth-order valence-corrected chi connectivity index (χ4v) is 10.0. The normalized spacial score (nSPS) is 13.0. The van der Waals surface area contributed by atoms with Gasteiger partial charge in [0.05, 0.1) is 11.0 Å². The zero-order valence-electron chi connectivity index (χ0n) is 33.4. The van der Waals surface area contributed by atoms with Crippen molar-refractivity contribution in [1.29, 1.82) is 0 Å². The molecule has 0 spiro atoms. The predicted octanol–water partition coefficient (Wildman–Crippen LogP) is 15.8. The van der Waals surface area contributed by atoms with Gasteiger partial charge in [-0.15, -0.1) is 0 Å². The molecule has 284 valence electrons. The van der Waals surface area contributed by atoms with Gasteiger partial charge in [0.25, 0.3) is 0 Å². The van der Waals surface area contributed by atoms with Gasteiger partial charge in [0.2, 0.25) is 0 Å². The third-order valence-electron chi connectivity index (χ3n) is 12.8.